The number of aromatic hydroxyl groups is 1. The van der Waals surface area contributed by atoms with Crippen molar-refractivity contribution in [3.8, 4) is 23.3 Å². The number of nitrogens with two attached hydrogens (primary N) is 1. The summed E-state index contributed by atoms with van der Waals surface area (Å²) < 4.78 is 6.37. The molecule has 1 fully saturated rings. The van der Waals surface area contributed by atoms with E-state index in [1.54, 1.807) is 12.3 Å². The molecule has 47 heavy (non-hydrogen) atoms. The third-order valence-electron chi connectivity index (χ3n) is 11.2. The van der Waals surface area contributed by atoms with Gasteiger partial charge in [-0.1, -0.05) is 62.7 Å². The number of pyridine rings is 1. The Labute approximate surface area is 279 Å². The number of nitrogens with zero attached hydrogens (tertiary/aromatic N) is 1. The molecule has 0 radical (unpaired) electrons. The first-order valence-corrected chi connectivity index (χ1v) is 17.7. The quantitative estimate of drug-likeness (QED) is 0.123. The zero-order chi connectivity index (χ0) is 32.8. The summed E-state index contributed by atoms with van der Waals surface area (Å²) in [4.78, 5) is 7.77. The number of ether oxygens (including phenoxy) is 1. The number of phenols is 1. The molecule has 3 aromatic rings. The molecule has 7 heteroatoms. The molecule has 7 nitrogen and oxygen atoms in total. The second kappa shape index (κ2) is 15.0. The van der Waals surface area contributed by atoms with E-state index >= 15 is 0 Å². The van der Waals surface area contributed by atoms with Gasteiger partial charge >= 0.3 is 0 Å². The smallest absolute Gasteiger partial charge is 0.161 e. The number of nitrogen functional groups attached to an aromatic ring is 1. The lowest BCUT2D eigenvalue weighted by Crippen LogP contribution is -2.36. The number of aliphatic hydroxyl groups is 2. The molecule has 6 N–H and O–H groups in total. The molecule has 2 heterocycles. The van der Waals surface area contributed by atoms with E-state index in [1.807, 2.05) is 24.4 Å². The maximum atomic E-state index is 11.5. The number of rotatable bonds is 9. The number of aliphatic hydroxyl groups excluding tert-OH is 2. The van der Waals surface area contributed by atoms with Crippen LogP contribution >= 0.6 is 0 Å². The number of H-pyrrole nitrogens is 1. The Morgan fingerprint density at radius 2 is 1.85 bits per heavy atom. The lowest BCUT2D eigenvalue weighted by atomic mass is 9.67. The Hall–Kier alpha value is -3.73. The Morgan fingerprint density at radius 3 is 2.62 bits per heavy atom. The molecule has 2 aromatic heterocycles. The summed E-state index contributed by atoms with van der Waals surface area (Å²) in [6, 6.07) is 13.8. The number of allylic oxidation sites excluding steroid dienone is 2. The summed E-state index contributed by atoms with van der Waals surface area (Å²) >= 11 is 0. The van der Waals surface area contributed by atoms with Crippen molar-refractivity contribution in [3.63, 3.8) is 0 Å². The van der Waals surface area contributed by atoms with Gasteiger partial charge in [0.2, 0.25) is 0 Å². The highest BCUT2D eigenvalue weighted by molar-refractivity contribution is 5.44. The van der Waals surface area contributed by atoms with Gasteiger partial charge in [-0.2, -0.15) is 0 Å². The molecule has 3 aliphatic rings. The van der Waals surface area contributed by atoms with Crippen LogP contribution in [0.2, 0.25) is 0 Å². The van der Waals surface area contributed by atoms with Crippen LogP contribution in [0.15, 0.2) is 67.0 Å². The first kappa shape index (κ1) is 33.2. The van der Waals surface area contributed by atoms with Crippen molar-refractivity contribution < 1.29 is 20.1 Å². The molecule has 7 atom stereocenters. The van der Waals surface area contributed by atoms with Crippen molar-refractivity contribution in [1.82, 2.24) is 9.97 Å². The maximum absolute atomic E-state index is 11.5. The van der Waals surface area contributed by atoms with Crippen molar-refractivity contribution in [1.29, 1.82) is 0 Å². The molecule has 250 valence electrons. The third kappa shape index (κ3) is 7.40. The SMILES string of the molecule is CC[C@@H]1C#C[C@@H]2C=C[C@@H](c3ccc(O)c(OCC[C@H](c4ccnc(N)c4)C4(c5ccc[nH]5)CCCC4)c3)C[C@@H](O)[C@H]2[C@@H](O)CCCC1. The Balaban J connectivity index is 1.22. The van der Waals surface area contributed by atoms with Gasteiger partial charge in [-0.05, 0) is 98.4 Å². The van der Waals surface area contributed by atoms with Crippen molar-refractivity contribution >= 4 is 5.82 Å². The minimum absolute atomic E-state index is 0.0526. The predicted octanol–water partition coefficient (Wildman–Crippen LogP) is 7.36. The molecule has 0 saturated heterocycles. The number of hydrogen-bond acceptors (Lipinski definition) is 6. The van der Waals surface area contributed by atoms with Gasteiger partial charge in [0, 0.05) is 47.2 Å². The third-order valence-corrected chi connectivity index (χ3v) is 11.2. The Morgan fingerprint density at radius 1 is 1.02 bits per heavy atom. The topological polar surface area (TPSA) is 125 Å². The second-order valence-electron chi connectivity index (χ2n) is 14.0. The highest BCUT2D eigenvalue weighted by atomic mass is 16.5. The van der Waals surface area contributed by atoms with Crippen molar-refractivity contribution in [2.45, 2.75) is 107 Å². The van der Waals surface area contributed by atoms with Gasteiger partial charge in [0.15, 0.2) is 11.5 Å². The lowest BCUT2D eigenvalue weighted by molar-refractivity contribution is -0.00705. The van der Waals surface area contributed by atoms with Gasteiger partial charge < -0.3 is 30.8 Å². The molecule has 0 aliphatic heterocycles. The molecule has 0 unspecified atom stereocenters. The van der Waals surface area contributed by atoms with Gasteiger partial charge in [-0.3, -0.25) is 0 Å². The summed E-state index contributed by atoms with van der Waals surface area (Å²) in [5.41, 5.74) is 9.48. The number of benzene rings is 1. The van der Waals surface area contributed by atoms with E-state index in [0.29, 0.717) is 36.9 Å². The van der Waals surface area contributed by atoms with Gasteiger partial charge in [0.05, 0.1) is 18.8 Å². The minimum atomic E-state index is -0.703. The van der Waals surface area contributed by atoms with Crippen LogP contribution in [0.25, 0.3) is 0 Å². The molecular weight excluding hydrogens is 586 g/mol. The normalized spacial score (nSPS) is 28.0. The van der Waals surface area contributed by atoms with E-state index in [1.165, 1.54) is 18.5 Å². The fourth-order valence-corrected chi connectivity index (χ4v) is 8.59. The first-order chi connectivity index (χ1) is 22.9. The molecule has 0 amide bonds. The summed E-state index contributed by atoms with van der Waals surface area (Å²) in [6.45, 7) is 2.60. The van der Waals surface area contributed by atoms with E-state index in [0.717, 1.165) is 56.1 Å². The zero-order valence-electron chi connectivity index (χ0n) is 27.7. The first-order valence-electron chi connectivity index (χ1n) is 17.7. The van der Waals surface area contributed by atoms with Gasteiger partial charge in [0.25, 0.3) is 0 Å². The van der Waals surface area contributed by atoms with Crippen LogP contribution in [0.3, 0.4) is 0 Å². The Kier molecular flexibility index (Phi) is 10.6. The van der Waals surface area contributed by atoms with E-state index in [-0.39, 0.29) is 34.8 Å². The van der Waals surface area contributed by atoms with Gasteiger partial charge in [0.1, 0.15) is 5.82 Å². The highest BCUT2D eigenvalue weighted by Crippen LogP contribution is 2.52. The van der Waals surface area contributed by atoms with Gasteiger partial charge in [-0.25, -0.2) is 4.98 Å². The number of aromatic amines is 1. The van der Waals surface area contributed by atoms with E-state index in [4.69, 9.17) is 10.5 Å². The zero-order valence-corrected chi connectivity index (χ0v) is 27.7. The molecule has 3 aliphatic carbocycles. The average molecular weight is 638 g/mol. The van der Waals surface area contributed by atoms with Crippen LogP contribution < -0.4 is 10.5 Å². The van der Waals surface area contributed by atoms with E-state index < -0.39 is 12.2 Å². The number of aromatic nitrogens is 2. The monoisotopic (exact) mass is 637 g/mol. The number of phenolic OH excluding ortho intramolecular Hbond substituents is 1. The molecule has 1 saturated carbocycles. The standard InChI is InChI=1S/C40H51N3O4/c1-2-27-8-3-4-9-34(45)39-28(12-11-27)13-14-29(24-35(39)46)30-15-16-33(44)36(25-30)47-23-18-32(31-17-22-43-38(41)26-31)40(19-5-6-20-40)37-10-7-21-42-37/h7,10,13-17,21-22,25-29,32,34-35,39,42,44-46H,2-6,8-9,18-20,23-24H2,1H3,(H2,41,43)/t27-,28+,29+,32+,34-,35+,39+/m0/s1. The Bertz CT molecular complexity index is 1550. The average Bonchev–Trinajstić information content (AvgIpc) is 3.76. The number of fused-ring (bicyclic) bond motifs is 1. The predicted molar refractivity (Wildman–Crippen MR) is 186 cm³/mol. The van der Waals surface area contributed by atoms with Crippen LogP contribution in [0.4, 0.5) is 5.82 Å². The summed E-state index contributed by atoms with van der Waals surface area (Å²) in [5.74, 6) is 7.85. The largest absolute Gasteiger partial charge is 0.504 e. The van der Waals surface area contributed by atoms with Crippen LogP contribution in [0, 0.1) is 29.6 Å². The fourth-order valence-electron chi connectivity index (χ4n) is 8.59. The fraction of sp³-hybridized carbons (Fsp3) is 0.525. The molecule has 6 rings (SSSR count). The highest BCUT2D eigenvalue weighted by Gasteiger charge is 2.44. The molecule has 0 bridgehead atoms. The van der Waals surface area contributed by atoms with Crippen LogP contribution in [-0.2, 0) is 5.41 Å². The number of hydrogen-bond donors (Lipinski definition) is 5. The second-order valence-corrected chi connectivity index (χ2v) is 14.0. The lowest BCUT2D eigenvalue weighted by Gasteiger charge is -2.38. The maximum Gasteiger partial charge on any atom is 0.161 e. The number of nitrogens with one attached hydrogen (secondary N) is 1. The summed E-state index contributed by atoms with van der Waals surface area (Å²) in [7, 11) is 0. The van der Waals surface area contributed by atoms with Crippen molar-refractivity contribution in [2.75, 3.05) is 12.3 Å². The van der Waals surface area contributed by atoms with Gasteiger partial charge in [-0.15, -0.1) is 0 Å². The van der Waals surface area contributed by atoms with Crippen LogP contribution in [-0.4, -0.2) is 44.1 Å². The summed E-state index contributed by atoms with van der Waals surface area (Å²) in [5, 5.41) is 33.5. The molecule has 1 aromatic carbocycles. The van der Waals surface area contributed by atoms with Crippen molar-refractivity contribution in [3.05, 3.63) is 83.8 Å². The van der Waals surface area contributed by atoms with Crippen molar-refractivity contribution in [2.24, 2.45) is 17.8 Å². The summed E-state index contributed by atoms with van der Waals surface area (Å²) in [6.07, 6.45) is 17.2. The minimum Gasteiger partial charge on any atom is -0.504 e. The number of anilines is 1. The molecule has 0 spiro atoms. The van der Waals surface area contributed by atoms with Crippen LogP contribution in [0.5, 0.6) is 11.5 Å². The molecular formula is C40H51N3O4. The van der Waals surface area contributed by atoms with Crippen LogP contribution in [0.1, 0.15) is 106 Å². The van der Waals surface area contributed by atoms with E-state index in [9.17, 15) is 15.3 Å². The van der Waals surface area contributed by atoms with E-state index in [2.05, 4.69) is 59.1 Å².